The summed E-state index contributed by atoms with van der Waals surface area (Å²) in [5.41, 5.74) is 7.02. The number of amides is 2. The molecule has 126 valence electrons. The zero-order valence-corrected chi connectivity index (χ0v) is 14.0. The minimum atomic E-state index is -0.435. The Morgan fingerprint density at radius 2 is 1.79 bits per heavy atom. The van der Waals surface area contributed by atoms with Crippen molar-refractivity contribution in [1.29, 1.82) is 0 Å². The third-order valence-corrected chi connectivity index (χ3v) is 3.39. The smallest absolute Gasteiger partial charge is 0.276 e. The molecule has 2 aromatic rings. The van der Waals surface area contributed by atoms with Gasteiger partial charge in [-0.15, -0.1) is 0 Å². The molecule has 6 nitrogen and oxygen atoms in total. The third-order valence-electron chi connectivity index (χ3n) is 3.39. The van der Waals surface area contributed by atoms with Gasteiger partial charge in [-0.25, -0.2) is 0 Å². The largest absolute Gasteiger partial charge is 0.483 e. The van der Waals surface area contributed by atoms with Crippen LogP contribution in [-0.2, 0) is 4.79 Å². The number of para-hydroxylation sites is 1. The van der Waals surface area contributed by atoms with Crippen LogP contribution >= 0.6 is 0 Å². The number of hydrogen-bond donors (Lipinski definition) is 2. The number of carbonyl (C=O) groups is 2. The maximum atomic E-state index is 12.1. The molecule has 0 spiro atoms. The van der Waals surface area contributed by atoms with Crippen LogP contribution in [0.15, 0.2) is 48.5 Å². The zero-order chi connectivity index (χ0) is 17.5. The number of hydrogen-bond acceptors (Lipinski definition) is 4. The second-order valence-corrected chi connectivity index (χ2v) is 5.50. The lowest BCUT2D eigenvalue weighted by Crippen LogP contribution is -2.43. The molecule has 0 saturated heterocycles. The lowest BCUT2D eigenvalue weighted by atomic mass is 10.2. The fourth-order valence-electron chi connectivity index (χ4n) is 2.02. The van der Waals surface area contributed by atoms with E-state index in [9.17, 15) is 9.59 Å². The number of benzene rings is 2. The van der Waals surface area contributed by atoms with E-state index in [1.165, 1.54) is 0 Å². The van der Waals surface area contributed by atoms with Gasteiger partial charge >= 0.3 is 0 Å². The van der Waals surface area contributed by atoms with Crippen molar-refractivity contribution in [3.05, 3.63) is 59.7 Å². The number of nitrogens with one attached hydrogen (secondary N) is 2. The predicted octanol–water partition coefficient (Wildman–Crippen LogP) is 1.90. The van der Waals surface area contributed by atoms with Crippen LogP contribution in [0.2, 0.25) is 0 Å². The van der Waals surface area contributed by atoms with Gasteiger partial charge in [-0.2, -0.15) is 0 Å². The summed E-state index contributed by atoms with van der Waals surface area (Å²) in [6, 6.07) is 14.5. The molecule has 2 N–H and O–H groups in total. The molecule has 0 aromatic heterocycles. The second-order valence-electron chi connectivity index (χ2n) is 5.50. The van der Waals surface area contributed by atoms with E-state index in [0.29, 0.717) is 11.3 Å². The SMILES string of the molecule is Cc1ccccc1OCC(=O)NNC(=O)c1cccc(N(C)C)c1. The Kier molecular flexibility index (Phi) is 5.78. The van der Waals surface area contributed by atoms with Crippen LogP contribution < -0.4 is 20.5 Å². The normalized spacial score (nSPS) is 9.96. The Bertz CT molecular complexity index is 729. The van der Waals surface area contributed by atoms with E-state index in [-0.39, 0.29) is 12.5 Å². The molecule has 0 aliphatic rings. The number of carbonyl (C=O) groups excluding carboxylic acids is 2. The molecule has 0 bridgehead atoms. The van der Waals surface area contributed by atoms with Crippen LogP contribution in [0.4, 0.5) is 5.69 Å². The monoisotopic (exact) mass is 327 g/mol. The molecule has 0 fully saturated rings. The van der Waals surface area contributed by atoms with Gasteiger partial charge in [-0.05, 0) is 36.8 Å². The summed E-state index contributed by atoms with van der Waals surface area (Å²) in [4.78, 5) is 25.7. The molecule has 24 heavy (non-hydrogen) atoms. The van der Waals surface area contributed by atoms with Crippen LogP contribution in [0, 0.1) is 6.92 Å². The highest BCUT2D eigenvalue weighted by atomic mass is 16.5. The van der Waals surface area contributed by atoms with E-state index in [1.807, 2.05) is 50.2 Å². The summed E-state index contributed by atoms with van der Waals surface area (Å²) in [6.07, 6.45) is 0. The molecule has 2 amide bonds. The molecule has 0 heterocycles. The van der Waals surface area contributed by atoms with Gasteiger partial charge in [0.05, 0.1) is 0 Å². The number of rotatable bonds is 5. The third kappa shape index (κ3) is 4.74. The Morgan fingerprint density at radius 1 is 1.04 bits per heavy atom. The summed E-state index contributed by atoms with van der Waals surface area (Å²) >= 11 is 0. The van der Waals surface area contributed by atoms with Crippen LogP contribution in [0.25, 0.3) is 0 Å². The predicted molar refractivity (Wildman–Crippen MR) is 93.1 cm³/mol. The Hall–Kier alpha value is -3.02. The van der Waals surface area contributed by atoms with Crippen LogP contribution in [0.3, 0.4) is 0 Å². The molecule has 0 radical (unpaired) electrons. The van der Waals surface area contributed by atoms with Crippen molar-refractivity contribution in [3.63, 3.8) is 0 Å². The molecule has 2 rings (SSSR count). The molecule has 6 heteroatoms. The number of anilines is 1. The van der Waals surface area contributed by atoms with E-state index < -0.39 is 5.91 Å². The lowest BCUT2D eigenvalue weighted by Gasteiger charge is -2.14. The highest BCUT2D eigenvalue weighted by Crippen LogP contribution is 2.15. The molecule has 0 saturated carbocycles. The number of aryl methyl sites for hydroxylation is 1. The second kappa shape index (κ2) is 8.01. The fourth-order valence-corrected chi connectivity index (χ4v) is 2.02. The molecule has 0 aliphatic carbocycles. The molecular weight excluding hydrogens is 306 g/mol. The van der Waals surface area contributed by atoms with Crippen LogP contribution in [-0.4, -0.2) is 32.5 Å². The van der Waals surface area contributed by atoms with E-state index in [0.717, 1.165) is 11.3 Å². The van der Waals surface area contributed by atoms with E-state index in [1.54, 1.807) is 24.3 Å². The van der Waals surface area contributed by atoms with Gasteiger partial charge in [0.2, 0.25) is 0 Å². The van der Waals surface area contributed by atoms with E-state index in [4.69, 9.17) is 4.74 Å². The molecule has 0 aliphatic heterocycles. The average molecular weight is 327 g/mol. The van der Waals surface area contributed by atoms with Crippen LogP contribution in [0.5, 0.6) is 5.75 Å². The molecule has 0 atom stereocenters. The van der Waals surface area contributed by atoms with Gasteiger partial charge in [0.15, 0.2) is 6.61 Å². The number of nitrogens with zero attached hydrogens (tertiary/aromatic N) is 1. The minimum absolute atomic E-state index is 0.178. The first-order valence-electron chi connectivity index (χ1n) is 7.52. The van der Waals surface area contributed by atoms with Gasteiger partial charge < -0.3 is 9.64 Å². The Labute approximate surface area is 141 Å². The first-order chi connectivity index (χ1) is 11.5. The van der Waals surface area contributed by atoms with Crippen LogP contribution in [0.1, 0.15) is 15.9 Å². The summed E-state index contributed by atoms with van der Waals surface area (Å²) in [7, 11) is 3.78. The minimum Gasteiger partial charge on any atom is -0.483 e. The standard InChI is InChI=1S/C18H21N3O3/c1-13-7-4-5-10-16(13)24-12-17(22)19-20-18(23)14-8-6-9-15(11-14)21(2)3/h4-11H,12H2,1-3H3,(H,19,22)(H,20,23). The fraction of sp³-hybridized carbons (Fsp3) is 0.222. The topological polar surface area (TPSA) is 70.7 Å². The molecule has 2 aromatic carbocycles. The van der Waals surface area contributed by atoms with Crippen molar-refractivity contribution in [2.24, 2.45) is 0 Å². The van der Waals surface area contributed by atoms with Crippen molar-refractivity contribution in [2.45, 2.75) is 6.92 Å². The highest BCUT2D eigenvalue weighted by Gasteiger charge is 2.09. The van der Waals surface area contributed by atoms with Crippen molar-refractivity contribution < 1.29 is 14.3 Å². The first-order valence-corrected chi connectivity index (χ1v) is 7.52. The average Bonchev–Trinajstić information content (AvgIpc) is 2.59. The zero-order valence-electron chi connectivity index (χ0n) is 14.0. The summed E-state index contributed by atoms with van der Waals surface area (Å²) in [5.74, 6) is -0.184. The molecule has 0 unspecified atom stereocenters. The maximum Gasteiger partial charge on any atom is 0.276 e. The maximum absolute atomic E-state index is 12.1. The van der Waals surface area contributed by atoms with Gasteiger partial charge in [0.1, 0.15) is 5.75 Å². The lowest BCUT2D eigenvalue weighted by molar-refractivity contribution is -0.123. The van der Waals surface area contributed by atoms with Gasteiger partial charge in [0.25, 0.3) is 11.8 Å². The Morgan fingerprint density at radius 3 is 2.50 bits per heavy atom. The van der Waals surface area contributed by atoms with Crippen molar-refractivity contribution in [2.75, 3.05) is 25.6 Å². The number of ether oxygens (including phenoxy) is 1. The van der Waals surface area contributed by atoms with E-state index in [2.05, 4.69) is 10.9 Å². The van der Waals surface area contributed by atoms with E-state index >= 15 is 0 Å². The van der Waals surface area contributed by atoms with Gasteiger partial charge in [0, 0.05) is 25.3 Å². The first kappa shape index (κ1) is 17.3. The van der Waals surface area contributed by atoms with Crippen molar-refractivity contribution in [3.8, 4) is 5.75 Å². The van der Waals surface area contributed by atoms with Crippen molar-refractivity contribution in [1.82, 2.24) is 10.9 Å². The summed E-state index contributed by atoms with van der Waals surface area (Å²) in [5, 5.41) is 0. The summed E-state index contributed by atoms with van der Waals surface area (Å²) < 4.78 is 5.42. The Balaban J connectivity index is 1.84. The summed E-state index contributed by atoms with van der Waals surface area (Å²) in [6.45, 7) is 1.72. The van der Waals surface area contributed by atoms with Crippen molar-refractivity contribution >= 4 is 17.5 Å². The quantitative estimate of drug-likeness (QED) is 0.823. The van der Waals surface area contributed by atoms with Gasteiger partial charge in [-0.3, -0.25) is 20.4 Å². The number of hydrazine groups is 1. The van der Waals surface area contributed by atoms with Gasteiger partial charge in [-0.1, -0.05) is 24.3 Å². The molecular formula is C18H21N3O3. The highest BCUT2D eigenvalue weighted by molar-refractivity contribution is 5.96.